The van der Waals surface area contributed by atoms with E-state index in [-0.39, 0.29) is 6.10 Å². The Hall–Kier alpha value is -0.450. The van der Waals surface area contributed by atoms with E-state index in [1.807, 2.05) is 6.92 Å². The van der Waals surface area contributed by atoms with Gasteiger partial charge in [-0.1, -0.05) is 0 Å². The molecule has 1 aliphatic carbocycles. The minimum Gasteiger partial charge on any atom is -0.393 e. The standard InChI is InChI=1S/C10H16N2OS/c1-6-7(2)14-10(12-6)5-11-8-3-9(13)4-8/h8-9,11,13H,3-5H2,1-2H3. The number of hydrogen-bond acceptors (Lipinski definition) is 4. The predicted octanol–water partition coefficient (Wildman–Crippen LogP) is 1.37. The first-order chi connectivity index (χ1) is 6.65. The van der Waals surface area contributed by atoms with Gasteiger partial charge in [0.25, 0.3) is 0 Å². The van der Waals surface area contributed by atoms with Crippen LogP contribution in [0, 0.1) is 13.8 Å². The number of rotatable bonds is 3. The highest BCUT2D eigenvalue weighted by Crippen LogP contribution is 2.21. The summed E-state index contributed by atoms with van der Waals surface area (Å²) < 4.78 is 0. The quantitative estimate of drug-likeness (QED) is 0.795. The molecule has 2 N–H and O–H groups in total. The highest BCUT2D eigenvalue weighted by atomic mass is 32.1. The van der Waals surface area contributed by atoms with Crippen molar-refractivity contribution >= 4 is 11.3 Å². The summed E-state index contributed by atoms with van der Waals surface area (Å²) in [5.41, 5.74) is 1.14. The van der Waals surface area contributed by atoms with Gasteiger partial charge in [0, 0.05) is 17.5 Å². The summed E-state index contributed by atoms with van der Waals surface area (Å²) in [6.07, 6.45) is 1.71. The van der Waals surface area contributed by atoms with Crippen LogP contribution in [0.15, 0.2) is 0 Å². The maximum atomic E-state index is 9.11. The fourth-order valence-corrected chi connectivity index (χ4v) is 2.49. The first-order valence-electron chi connectivity index (χ1n) is 4.99. The van der Waals surface area contributed by atoms with Gasteiger partial charge in [0.2, 0.25) is 0 Å². The van der Waals surface area contributed by atoms with Crippen molar-refractivity contribution in [3.8, 4) is 0 Å². The van der Waals surface area contributed by atoms with Crippen molar-refractivity contribution in [3.05, 3.63) is 15.6 Å². The van der Waals surface area contributed by atoms with E-state index in [4.69, 9.17) is 5.11 Å². The summed E-state index contributed by atoms with van der Waals surface area (Å²) in [4.78, 5) is 5.75. The van der Waals surface area contributed by atoms with E-state index < -0.39 is 0 Å². The molecule has 0 amide bonds. The van der Waals surface area contributed by atoms with Crippen molar-refractivity contribution < 1.29 is 5.11 Å². The fourth-order valence-electron chi connectivity index (χ4n) is 1.60. The molecule has 1 fully saturated rings. The third kappa shape index (κ3) is 2.13. The van der Waals surface area contributed by atoms with Gasteiger partial charge in [-0.25, -0.2) is 4.98 Å². The average Bonchev–Trinajstić information content (AvgIpc) is 2.39. The second-order valence-corrected chi connectivity index (χ2v) is 5.24. The summed E-state index contributed by atoms with van der Waals surface area (Å²) in [5, 5.41) is 13.7. The molecule has 1 heterocycles. The normalized spacial score (nSPS) is 26.2. The lowest BCUT2D eigenvalue weighted by molar-refractivity contribution is 0.0619. The van der Waals surface area contributed by atoms with Gasteiger partial charge < -0.3 is 10.4 Å². The SMILES string of the molecule is Cc1nc(CNC2CC(O)C2)sc1C. The molecule has 0 saturated heterocycles. The molecule has 78 valence electrons. The zero-order valence-electron chi connectivity index (χ0n) is 8.58. The lowest BCUT2D eigenvalue weighted by atomic mass is 9.90. The van der Waals surface area contributed by atoms with Crippen LogP contribution < -0.4 is 5.32 Å². The Bertz CT molecular complexity index is 298. The van der Waals surface area contributed by atoms with Crippen LogP contribution in [0.2, 0.25) is 0 Å². The van der Waals surface area contributed by atoms with Crippen molar-refractivity contribution in [1.29, 1.82) is 0 Å². The summed E-state index contributed by atoms with van der Waals surface area (Å²) in [7, 11) is 0. The summed E-state index contributed by atoms with van der Waals surface area (Å²) in [6.45, 7) is 4.99. The van der Waals surface area contributed by atoms with Gasteiger partial charge in [0.05, 0.1) is 11.8 Å². The fraction of sp³-hybridized carbons (Fsp3) is 0.700. The number of aromatic nitrogens is 1. The molecule has 1 saturated carbocycles. The first-order valence-corrected chi connectivity index (χ1v) is 5.81. The van der Waals surface area contributed by atoms with Crippen LogP contribution in [-0.2, 0) is 6.54 Å². The minimum atomic E-state index is -0.0766. The van der Waals surface area contributed by atoms with Crippen LogP contribution in [0.1, 0.15) is 28.4 Å². The van der Waals surface area contributed by atoms with E-state index >= 15 is 0 Å². The molecule has 0 aliphatic heterocycles. The largest absolute Gasteiger partial charge is 0.393 e. The Kier molecular flexibility index (Phi) is 2.85. The second kappa shape index (κ2) is 3.96. The molecule has 2 rings (SSSR count). The van der Waals surface area contributed by atoms with Gasteiger partial charge in [0.15, 0.2) is 0 Å². The van der Waals surface area contributed by atoms with Gasteiger partial charge in [-0.3, -0.25) is 0 Å². The molecule has 0 unspecified atom stereocenters. The Morgan fingerprint density at radius 2 is 2.21 bits per heavy atom. The van der Waals surface area contributed by atoms with Crippen LogP contribution in [0.5, 0.6) is 0 Å². The third-order valence-corrected chi connectivity index (χ3v) is 3.80. The number of nitrogens with one attached hydrogen (secondary N) is 1. The highest BCUT2D eigenvalue weighted by molar-refractivity contribution is 7.11. The first kappa shape index (κ1) is 10.1. The molecule has 0 aromatic carbocycles. The molecule has 3 nitrogen and oxygen atoms in total. The van der Waals surface area contributed by atoms with Gasteiger partial charge in [0.1, 0.15) is 5.01 Å². The number of thiazole rings is 1. The molecule has 1 aromatic rings. The number of aliphatic hydroxyl groups excluding tert-OH is 1. The van der Waals surface area contributed by atoms with Gasteiger partial charge in [-0.15, -0.1) is 11.3 Å². The summed E-state index contributed by atoms with van der Waals surface area (Å²) in [6, 6.07) is 0.495. The molecular weight excluding hydrogens is 196 g/mol. The van der Waals surface area contributed by atoms with Crippen molar-refractivity contribution in [2.75, 3.05) is 0 Å². The van der Waals surface area contributed by atoms with Gasteiger partial charge >= 0.3 is 0 Å². The van der Waals surface area contributed by atoms with Crippen molar-refractivity contribution in [1.82, 2.24) is 10.3 Å². The van der Waals surface area contributed by atoms with Crippen molar-refractivity contribution in [2.24, 2.45) is 0 Å². The van der Waals surface area contributed by atoms with Gasteiger partial charge in [-0.05, 0) is 26.7 Å². The molecule has 0 spiro atoms. The van der Waals surface area contributed by atoms with Crippen molar-refractivity contribution in [3.63, 3.8) is 0 Å². The molecule has 1 aromatic heterocycles. The zero-order valence-corrected chi connectivity index (χ0v) is 9.40. The van der Waals surface area contributed by atoms with E-state index in [1.54, 1.807) is 11.3 Å². The molecule has 0 radical (unpaired) electrons. The average molecular weight is 212 g/mol. The van der Waals surface area contributed by atoms with Gasteiger partial charge in [-0.2, -0.15) is 0 Å². The molecule has 0 atom stereocenters. The Labute approximate surface area is 88.2 Å². The minimum absolute atomic E-state index is 0.0766. The van der Waals surface area contributed by atoms with Crippen LogP contribution in [-0.4, -0.2) is 22.2 Å². The zero-order chi connectivity index (χ0) is 10.1. The Morgan fingerprint density at radius 3 is 2.71 bits per heavy atom. The van der Waals surface area contributed by atoms with Crippen molar-refractivity contribution in [2.45, 2.75) is 45.4 Å². The Morgan fingerprint density at radius 1 is 1.50 bits per heavy atom. The van der Waals surface area contributed by atoms with E-state index in [0.29, 0.717) is 6.04 Å². The second-order valence-electron chi connectivity index (χ2n) is 3.95. The summed E-state index contributed by atoms with van der Waals surface area (Å²) >= 11 is 1.76. The maximum Gasteiger partial charge on any atom is 0.107 e. The maximum absolute atomic E-state index is 9.11. The molecule has 0 bridgehead atoms. The van der Waals surface area contributed by atoms with E-state index in [2.05, 4.69) is 17.2 Å². The molecule has 14 heavy (non-hydrogen) atoms. The van der Waals surface area contributed by atoms with Crippen LogP contribution in [0.4, 0.5) is 0 Å². The number of aryl methyl sites for hydroxylation is 2. The van der Waals surface area contributed by atoms with Crippen LogP contribution in [0.25, 0.3) is 0 Å². The number of aliphatic hydroxyl groups is 1. The smallest absolute Gasteiger partial charge is 0.107 e. The monoisotopic (exact) mass is 212 g/mol. The highest BCUT2D eigenvalue weighted by Gasteiger charge is 2.26. The van der Waals surface area contributed by atoms with E-state index in [1.165, 1.54) is 4.88 Å². The van der Waals surface area contributed by atoms with Crippen LogP contribution >= 0.6 is 11.3 Å². The van der Waals surface area contributed by atoms with E-state index in [9.17, 15) is 0 Å². The molecule has 1 aliphatic rings. The third-order valence-electron chi connectivity index (χ3n) is 2.73. The number of hydrogen-bond donors (Lipinski definition) is 2. The molecule has 4 heteroatoms. The summed E-state index contributed by atoms with van der Waals surface area (Å²) in [5.74, 6) is 0. The lowest BCUT2D eigenvalue weighted by Gasteiger charge is -2.31. The van der Waals surface area contributed by atoms with Crippen LogP contribution in [0.3, 0.4) is 0 Å². The molecular formula is C10H16N2OS. The Balaban J connectivity index is 1.80. The van der Waals surface area contributed by atoms with E-state index in [0.717, 1.165) is 30.1 Å². The lowest BCUT2D eigenvalue weighted by Crippen LogP contribution is -2.43. The topological polar surface area (TPSA) is 45.2 Å². The number of nitrogens with zero attached hydrogens (tertiary/aromatic N) is 1. The predicted molar refractivity (Wildman–Crippen MR) is 57.5 cm³/mol.